The van der Waals surface area contributed by atoms with E-state index >= 15 is 0 Å². The molecule has 31 heavy (non-hydrogen) atoms. The minimum atomic E-state index is -1.98. The lowest BCUT2D eigenvalue weighted by atomic mass is 10.0. The second-order valence-corrected chi connectivity index (χ2v) is 7.37. The Morgan fingerprint density at radius 3 is 2.81 bits per heavy atom. The number of nitrogens with one attached hydrogen (secondary N) is 4. The molecule has 2 aliphatic heterocycles. The fraction of sp³-hybridized carbons (Fsp3) is 0.737. The maximum absolute atomic E-state index is 12.5. The molecule has 2 unspecified atom stereocenters. The number of nitrogens with zero attached hydrogens (tertiary/aromatic N) is 2. The number of guanidine groups is 1. The van der Waals surface area contributed by atoms with Gasteiger partial charge in [0.2, 0.25) is 11.6 Å². The number of hydrogen-bond donors (Lipinski definition) is 5. The molecular weight excluding hydrogens is 408 g/mol. The van der Waals surface area contributed by atoms with Crippen molar-refractivity contribution >= 4 is 30.1 Å². The number of carboxylic acids is 1. The van der Waals surface area contributed by atoms with E-state index in [1.807, 2.05) is 6.92 Å². The van der Waals surface area contributed by atoms with E-state index in [0.29, 0.717) is 38.2 Å². The highest BCUT2D eigenvalue weighted by Gasteiger charge is 2.42. The number of rotatable bonds is 13. The molecule has 0 saturated heterocycles. The number of oxime groups is 1. The summed E-state index contributed by atoms with van der Waals surface area (Å²) in [7, 11) is 0. The van der Waals surface area contributed by atoms with Crippen molar-refractivity contribution in [2.75, 3.05) is 26.2 Å². The first kappa shape index (κ1) is 24.2. The number of hydrogen-bond acceptors (Lipinski definition) is 9. The van der Waals surface area contributed by atoms with E-state index in [0.717, 1.165) is 19.5 Å². The van der Waals surface area contributed by atoms with E-state index < -0.39 is 29.7 Å². The van der Waals surface area contributed by atoms with Crippen LogP contribution in [0.1, 0.15) is 51.9 Å². The Kier molecular flexibility index (Phi) is 9.85. The van der Waals surface area contributed by atoms with Crippen molar-refractivity contribution in [2.24, 2.45) is 10.1 Å². The van der Waals surface area contributed by atoms with Gasteiger partial charge in [0.25, 0.3) is 0 Å². The van der Waals surface area contributed by atoms with Crippen LogP contribution in [0.3, 0.4) is 0 Å². The van der Waals surface area contributed by atoms with E-state index in [1.54, 1.807) is 6.21 Å². The highest BCUT2D eigenvalue weighted by Crippen LogP contribution is 2.15. The third kappa shape index (κ3) is 8.30. The Labute approximate surface area is 181 Å². The summed E-state index contributed by atoms with van der Waals surface area (Å²) >= 11 is 0. The molecule has 2 amide bonds. The molecule has 0 aromatic carbocycles. The molecule has 0 aromatic rings. The fourth-order valence-corrected chi connectivity index (χ4v) is 3.08. The molecule has 0 spiro atoms. The minimum absolute atomic E-state index is 0.0133. The van der Waals surface area contributed by atoms with Crippen LogP contribution in [0.15, 0.2) is 10.1 Å². The van der Waals surface area contributed by atoms with Gasteiger partial charge in [-0.15, -0.1) is 0 Å². The SMILES string of the molecule is CCCCOC(=O)NC(CCCCNC1=NCCN1)(NC(=O)CC1CC=NO1)C(=O)O. The van der Waals surface area contributed by atoms with Crippen LogP contribution in [0.5, 0.6) is 0 Å². The zero-order valence-corrected chi connectivity index (χ0v) is 17.8. The highest BCUT2D eigenvalue weighted by molar-refractivity contribution is 5.90. The molecule has 174 valence electrons. The fourth-order valence-electron chi connectivity index (χ4n) is 3.08. The first-order chi connectivity index (χ1) is 14.9. The Morgan fingerprint density at radius 2 is 2.16 bits per heavy atom. The normalized spacial score (nSPS) is 18.9. The third-order valence-electron chi connectivity index (χ3n) is 4.78. The van der Waals surface area contributed by atoms with Gasteiger partial charge in [0.1, 0.15) is 6.10 Å². The number of amides is 2. The van der Waals surface area contributed by atoms with E-state index in [4.69, 9.17) is 9.57 Å². The number of aliphatic carboxylic acids is 1. The molecule has 5 N–H and O–H groups in total. The summed E-state index contributed by atoms with van der Waals surface area (Å²) in [4.78, 5) is 46.1. The van der Waals surface area contributed by atoms with Gasteiger partial charge < -0.3 is 30.6 Å². The molecule has 2 heterocycles. The van der Waals surface area contributed by atoms with Gasteiger partial charge >= 0.3 is 12.1 Å². The second-order valence-electron chi connectivity index (χ2n) is 7.37. The molecule has 2 aliphatic rings. The zero-order chi connectivity index (χ0) is 22.5. The number of carbonyl (C=O) groups is 3. The molecule has 0 radical (unpaired) electrons. The molecule has 0 aromatic heterocycles. The molecule has 2 rings (SSSR count). The number of unbranched alkanes of at least 4 members (excludes halogenated alkanes) is 2. The average Bonchev–Trinajstić information content (AvgIpc) is 3.41. The van der Waals surface area contributed by atoms with Gasteiger partial charge in [-0.2, -0.15) is 0 Å². The van der Waals surface area contributed by atoms with Crippen LogP contribution >= 0.6 is 0 Å². The van der Waals surface area contributed by atoms with E-state index in [9.17, 15) is 19.5 Å². The van der Waals surface area contributed by atoms with Crippen molar-refractivity contribution in [1.82, 2.24) is 21.3 Å². The van der Waals surface area contributed by atoms with Crippen molar-refractivity contribution in [3.63, 3.8) is 0 Å². The first-order valence-electron chi connectivity index (χ1n) is 10.6. The lowest BCUT2D eigenvalue weighted by Crippen LogP contribution is -2.66. The van der Waals surface area contributed by atoms with E-state index in [2.05, 4.69) is 31.4 Å². The van der Waals surface area contributed by atoms with Crippen LogP contribution in [-0.2, 0) is 19.2 Å². The van der Waals surface area contributed by atoms with Crippen molar-refractivity contribution in [3.05, 3.63) is 0 Å². The molecule has 2 atom stereocenters. The molecule has 0 saturated carbocycles. The summed E-state index contributed by atoms with van der Waals surface area (Å²) in [6.45, 7) is 4.19. The smallest absolute Gasteiger partial charge is 0.409 e. The van der Waals surface area contributed by atoms with Crippen LogP contribution in [0.4, 0.5) is 4.79 Å². The Bertz CT molecular complexity index is 677. The summed E-state index contributed by atoms with van der Waals surface area (Å²) < 4.78 is 5.05. The molecule has 12 nitrogen and oxygen atoms in total. The molecule has 0 aliphatic carbocycles. The van der Waals surface area contributed by atoms with Crippen molar-refractivity contribution < 1.29 is 29.1 Å². The van der Waals surface area contributed by atoms with Gasteiger partial charge in [0.05, 0.1) is 19.6 Å². The quantitative estimate of drug-likeness (QED) is 0.202. The summed E-state index contributed by atoms with van der Waals surface area (Å²) in [5.41, 5.74) is -1.98. The maximum Gasteiger partial charge on any atom is 0.409 e. The van der Waals surface area contributed by atoms with Crippen LogP contribution in [0, 0.1) is 0 Å². The topological polar surface area (TPSA) is 163 Å². The second kappa shape index (κ2) is 12.6. The maximum atomic E-state index is 12.5. The van der Waals surface area contributed by atoms with Crippen LogP contribution < -0.4 is 21.3 Å². The Hall–Kier alpha value is -3.05. The molecule has 0 bridgehead atoms. The van der Waals surface area contributed by atoms with Gasteiger partial charge in [-0.05, 0) is 19.3 Å². The van der Waals surface area contributed by atoms with Gasteiger partial charge in [-0.1, -0.05) is 18.5 Å². The monoisotopic (exact) mass is 440 g/mol. The summed E-state index contributed by atoms with van der Waals surface area (Å²) in [6, 6.07) is 0. The largest absolute Gasteiger partial charge is 0.478 e. The predicted molar refractivity (Wildman–Crippen MR) is 113 cm³/mol. The van der Waals surface area contributed by atoms with Crippen molar-refractivity contribution in [3.8, 4) is 0 Å². The third-order valence-corrected chi connectivity index (χ3v) is 4.78. The summed E-state index contributed by atoms with van der Waals surface area (Å²) in [5.74, 6) is -1.21. The minimum Gasteiger partial charge on any atom is -0.478 e. The molecular formula is C19H32N6O6. The summed E-state index contributed by atoms with van der Waals surface area (Å²) in [5, 5.41) is 24.5. The molecule has 0 fully saturated rings. The lowest BCUT2D eigenvalue weighted by Gasteiger charge is -2.31. The standard InChI is InChI=1S/C19H32N6O6/c1-2-3-12-30-18(29)25-19(16(27)28,24-15(26)13-14-6-9-23-31-14)7-4-5-8-20-17-21-10-11-22-17/h9,14H,2-8,10-13H2,1H3,(H,24,26)(H,25,29)(H,27,28)(H2,20,21,22). The van der Waals surface area contributed by atoms with Crippen molar-refractivity contribution in [2.45, 2.75) is 63.6 Å². The number of carbonyl (C=O) groups excluding carboxylic acids is 2. The van der Waals surface area contributed by atoms with Crippen LogP contribution in [-0.4, -0.2) is 73.3 Å². The van der Waals surface area contributed by atoms with Crippen LogP contribution in [0.25, 0.3) is 0 Å². The Morgan fingerprint density at radius 1 is 1.32 bits per heavy atom. The number of ether oxygens (including phenoxy) is 1. The van der Waals surface area contributed by atoms with Gasteiger partial charge in [-0.3, -0.25) is 15.1 Å². The Balaban J connectivity index is 1.94. The lowest BCUT2D eigenvalue weighted by molar-refractivity contribution is -0.150. The number of alkyl carbamates (subject to hydrolysis) is 1. The first-order valence-corrected chi connectivity index (χ1v) is 10.6. The van der Waals surface area contributed by atoms with Crippen molar-refractivity contribution in [1.29, 1.82) is 0 Å². The highest BCUT2D eigenvalue weighted by atomic mass is 16.6. The van der Waals surface area contributed by atoms with Gasteiger partial charge in [0, 0.05) is 32.1 Å². The van der Waals surface area contributed by atoms with E-state index in [-0.39, 0.29) is 19.4 Å². The number of aliphatic imine (C=N–C) groups is 1. The van der Waals surface area contributed by atoms with Gasteiger partial charge in [-0.25, -0.2) is 9.59 Å². The molecule has 12 heteroatoms. The van der Waals surface area contributed by atoms with Crippen LogP contribution in [0.2, 0.25) is 0 Å². The summed E-state index contributed by atoms with van der Waals surface area (Å²) in [6.07, 6.45) is 3.09. The number of carboxylic acid groups (broad SMARTS) is 1. The predicted octanol–water partition coefficient (Wildman–Crippen LogP) is 0.294. The van der Waals surface area contributed by atoms with E-state index in [1.165, 1.54) is 0 Å². The average molecular weight is 441 g/mol. The van der Waals surface area contributed by atoms with Gasteiger partial charge in [0.15, 0.2) is 5.96 Å². The zero-order valence-electron chi connectivity index (χ0n) is 17.8.